The number of aliphatic hydroxyl groups excluding tert-OH is 1. The molecule has 2 amide bonds. The number of amides is 2. The van der Waals surface area contributed by atoms with E-state index in [9.17, 15) is 19.1 Å². The minimum Gasteiger partial charge on any atom is -0.472 e. The molecule has 1 N–H and O–H groups in total. The number of halogens is 1. The summed E-state index contributed by atoms with van der Waals surface area (Å²) in [7, 11) is 1.63. The number of nitrogens with zero attached hydrogens (tertiary/aromatic N) is 3. The van der Waals surface area contributed by atoms with Gasteiger partial charge in [0.15, 0.2) is 0 Å². The molecule has 0 saturated heterocycles. The Labute approximate surface area is 212 Å². The molecular formula is C28H34FN3O4. The smallest absolute Gasteiger partial charge is 0.259 e. The number of likely N-dealkylation sites (N-methyl/N-ethyl adjacent to an activating group) is 1. The van der Waals surface area contributed by atoms with Crippen molar-refractivity contribution < 1.29 is 23.8 Å². The Bertz CT molecular complexity index is 1160. The molecule has 3 atom stereocenters. The van der Waals surface area contributed by atoms with Crippen LogP contribution in [0.5, 0.6) is 5.88 Å². The summed E-state index contributed by atoms with van der Waals surface area (Å²) in [6, 6.07) is 6.79. The highest BCUT2D eigenvalue weighted by molar-refractivity contribution is 5.97. The first-order chi connectivity index (χ1) is 17.1. The molecule has 0 fully saturated rings. The van der Waals surface area contributed by atoms with Gasteiger partial charge in [-0.15, -0.1) is 0 Å². The molecule has 1 aromatic carbocycles. The molecule has 3 rings (SSSR count). The van der Waals surface area contributed by atoms with E-state index in [0.717, 1.165) is 6.42 Å². The molecule has 1 aromatic heterocycles. The predicted octanol–water partition coefficient (Wildman–Crippen LogP) is 3.61. The highest BCUT2D eigenvalue weighted by atomic mass is 19.1. The number of aromatic nitrogens is 1. The highest BCUT2D eigenvalue weighted by Crippen LogP contribution is 2.27. The zero-order valence-electron chi connectivity index (χ0n) is 21.5. The first kappa shape index (κ1) is 27.2. The Morgan fingerprint density at radius 3 is 2.75 bits per heavy atom. The number of ether oxygens (including phenoxy) is 1. The summed E-state index contributed by atoms with van der Waals surface area (Å²) in [5.74, 6) is 5.44. The summed E-state index contributed by atoms with van der Waals surface area (Å²) >= 11 is 0. The SMILES string of the molecule is CC(C)CC#Cc1cnc2c(c1)C(=O)N([C@@H](C)CO)C[C@@H](C)[C@H](CN(C)C(=O)c1cccc(F)c1)O2. The summed E-state index contributed by atoms with van der Waals surface area (Å²) in [5, 5.41) is 9.81. The zero-order valence-corrected chi connectivity index (χ0v) is 21.5. The summed E-state index contributed by atoms with van der Waals surface area (Å²) in [5.41, 5.74) is 1.11. The molecular weight excluding hydrogens is 461 g/mol. The first-order valence-corrected chi connectivity index (χ1v) is 12.2. The second-order valence-corrected chi connectivity index (χ2v) is 9.80. The van der Waals surface area contributed by atoms with Crippen molar-refractivity contribution in [2.24, 2.45) is 11.8 Å². The van der Waals surface area contributed by atoms with E-state index in [4.69, 9.17) is 4.74 Å². The van der Waals surface area contributed by atoms with Crippen molar-refractivity contribution in [3.63, 3.8) is 0 Å². The fourth-order valence-electron chi connectivity index (χ4n) is 3.94. The lowest BCUT2D eigenvalue weighted by molar-refractivity contribution is 0.0313. The maximum atomic E-state index is 13.6. The van der Waals surface area contributed by atoms with Gasteiger partial charge in [0.1, 0.15) is 17.5 Å². The van der Waals surface area contributed by atoms with Crippen molar-refractivity contribution in [1.29, 1.82) is 0 Å². The van der Waals surface area contributed by atoms with Crippen molar-refractivity contribution in [2.45, 2.75) is 46.3 Å². The molecule has 8 heteroatoms. The monoisotopic (exact) mass is 495 g/mol. The average molecular weight is 496 g/mol. The van der Waals surface area contributed by atoms with Crippen LogP contribution >= 0.6 is 0 Å². The lowest BCUT2D eigenvalue weighted by atomic mass is 9.99. The minimum absolute atomic E-state index is 0.160. The Morgan fingerprint density at radius 1 is 1.33 bits per heavy atom. The summed E-state index contributed by atoms with van der Waals surface area (Å²) < 4.78 is 19.9. The third-order valence-electron chi connectivity index (χ3n) is 6.14. The van der Waals surface area contributed by atoms with Crippen LogP contribution in [0.1, 0.15) is 60.4 Å². The van der Waals surface area contributed by atoms with Gasteiger partial charge in [0.05, 0.1) is 19.2 Å². The average Bonchev–Trinajstić information content (AvgIpc) is 2.85. The van der Waals surface area contributed by atoms with Crippen LogP contribution in [0, 0.1) is 29.5 Å². The van der Waals surface area contributed by atoms with Gasteiger partial charge in [-0.05, 0) is 37.1 Å². The van der Waals surface area contributed by atoms with Crippen LogP contribution in [0.2, 0.25) is 0 Å². The number of hydrogen-bond acceptors (Lipinski definition) is 5. The number of carbonyl (C=O) groups is 2. The van der Waals surface area contributed by atoms with E-state index >= 15 is 0 Å². The van der Waals surface area contributed by atoms with E-state index in [1.807, 2.05) is 6.92 Å². The van der Waals surface area contributed by atoms with Gasteiger partial charge in [-0.25, -0.2) is 9.37 Å². The summed E-state index contributed by atoms with van der Waals surface area (Å²) in [6.07, 6.45) is 1.79. The van der Waals surface area contributed by atoms with Gasteiger partial charge in [0.2, 0.25) is 5.88 Å². The largest absolute Gasteiger partial charge is 0.472 e. The molecule has 192 valence electrons. The van der Waals surface area contributed by atoms with Gasteiger partial charge in [-0.3, -0.25) is 9.59 Å². The number of rotatable bonds is 6. The van der Waals surface area contributed by atoms with Crippen molar-refractivity contribution in [3.8, 4) is 17.7 Å². The van der Waals surface area contributed by atoms with Crippen LogP contribution in [0.3, 0.4) is 0 Å². The van der Waals surface area contributed by atoms with Crippen LogP contribution in [-0.2, 0) is 0 Å². The van der Waals surface area contributed by atoms with Gasteiger partial charge in [-0.1, -0.05) is 38.7 Å². The van der Waals surface area contributed by atoms with Gasteiger partial charge < -0.3 is 19.6 Å². The van der Waals surface area contributed by atoms with Crippen LogP contribution in [0.25, 0.3) is 0 Å². The molecule has 36 heavy (non-hydrogen) atoms. The van der Waals surface area contributed by atoms with Crippen LogP contribution in [0.4, 0.5) is 4.39 Å². The molecule has 7 nitrogen and oxygen atoms in total. The molecule has 0 unspecified atom stereocenters. The Morgan fingerprint density at radius 2 is 2.08 bits per heavy atom. The third-order valence-corrected chi connectivity index (χ3v) is 6.14. The molecule has 2 aromatic rings. The molecule has 2 heterocycles. The van der Waals surface area contributed by atoms with Crippen molar-refractivity contribution >= 4 is 11.8 Å². The van der Waals surface area contributed by atoms with E-state index in [1.165, 1.54) is 23.1 Å². The van der Waals surface area contributed by atoms with E-state index in [0.29, 0.717) is 18.0 Å². The second kappa shape index (κ2) is 12.0. The lowest BCUT2D eigenvalue weighted by Crippen LogP contribution is -2.50. The van der Waals surface area contributed by atoms with Crippen LogP contribution < -0.4 is 4.74 Å². The molecule has 0 radical (unpaired) electrons. The number of hydrogen-bond donors (Lipinski definition) is 1. The molecule has 0 bridgehead atoms. The molecule has 0 saturated carbocycles. The Balaban J connectivity index is 1.93. The molecule has 0 aliphatic carbocycles. The van der Waals surface area contributed by atoms with Crippen molar-refractivity contribution in [2.75, 3.05) is 26.7 Å². The predicted molar refractivity (Wildman–Crippen MR) is 135 cm³/mol. The number of benzene rings is 1. The van der Waals surface area contributed by atoms with Gasteiger partial charge in [-0.2, -0.15) is 0 Å². The molecule has 1 aliphatic rings. The van der Waals surface area contributed by atoms with Crippen molar-refractivity contribution in [3.05, 3.63) is 59.0 Å². The highest BCUT2D eigenvalue weighted by Gasteiger charge is 2.34. The number of carbonyl (C=O) groups excluding carboxylic acids is 2. The lowest BCUT2D eigenvalue weighted by Gasteiger charge is -2.37. The maximum Gasteiger partial charge on any atom is 0.259 e. The van der Waals surface area contributed by atoms with Crippen LogP contribution in [0.15, 0.2) is 36.5 Å². The van der Waals surface area contributed by atoms with E-state index in [2.05, 4.69) is 30.7 Å². The number of fused-ring (bicyclic) bond motifs is 1. The maximum absolute atomic E-state index is 13.6. The van der Waals surface area contributed by atoms with E-state index in [1.54, 1.807) is 37.2 Å². The molecule has 0 spiro atoms. The van der Waals surface area contributed by atoms with Gasteiger partial charge in [0, 0.05) is 43.3 Å². The number of pyridine rings is 1. The first-order valence-electron chi connectivity index (χ1n) is 12.2. The normalized spacial score (nSPS) is 18.3. The van der Waals surface area contributed by atoms with E-state index < -0.39 is 18.0 Å². The number of aliphatic hydroxyl groups is 1. The van der Waals surface area contributed by atoms with Gasteiger partial charge >= 0.3 is 0 Å². The standard InChI is InChI=1S/C28H34FN3O4/c1-18(2)8-6-9-21-12-24-26(30-14-21)36-25(19(3)15-32(28(24)35)20(4)17-33)16-31(5)27(34)22-10-7-11-23(29)13-22/h7,10-14,18-20,25,33H,8,15-17H2,1-5H3/t19-,20+,25+/m1/s1. The molecule has 1 aliphatic heterocycles. The minimum atomic E-state index is -0.502. The Hall–Kier alpha value is -3.44. The van der Waals surface area contributed by atoms with Crippen LogP contribution in [-0.4, -0.2) is 70.6 Å². The summed E-state index contributed by atoms with van der Waals surface area (Å²) in [4.78, 5) is 33.9. The quantitative estimate of drug-likeness (QED) is 0.619. The Kier molecular flexibility index (Phi) is 9.05. The third kappa shape index (κ3) is 6.61. The van der Waals surface area contributed by atoms with Gasteiger partial charge in [0.25, 0.3) is 11.8 Å². The fraction of sp³-hybridized carbons (Fsp3) is 0.464. The van der Waals surface area contributed by atoms with Crippen molar-refractivity contribution in [1.82, 2.24) is 14.8 Å². The second-order valence-electron chi connectivity index (χ2n) is 9.80. The zero-order chi connectivity index (χ0) is 26.4. The topological polar surface area (TPSA) is 83.0 Å². The fourth-order valence-corrected chi connectivity index (χ4v) is 3.94. The van der Waals surface area contributed by atoms with E-state index in [-0.39, 0.29) is 47.9 Å². The summed E-state index contributed by atoms with van der Waals surface area (Å²) in [6.45, 7) is 8.18.